The standard InChI is InChI=1S/C15H28O2/c1-4-8-12(2)14(11-15(16)17-3)13-9-6-5-7-10-13/h12-14H,4-11H2,1-3H3. The van der Waals surface area contributed by atoms with Crippen molar-refractivity contribution >= 4 is 5.97 Å². The van der Waals surface area contributed by atoms with Gasteiger partial charge in [-0.2, -0.15) is 0 Å². The van der Waals surface area contributed by atoms with Crippen LogP contribution in [0, 0.1) is 17.8 Å². The van der Waals surface area contributed by atoms with Gasteiger partial charge in [-0.05, 0) is 17.8 Å². The molecule has 0 amide bonds. The van der Waals surface area contributed by atoms with E-state index in [1.54, 1.807) is 0 Å². The quantitative estimate of drug-likeness (QED) is 0.651. The van der Waals surface area contributed by atoms with Crippen LogP contribution in [0.5, 0.6) is 0 Å². The van der Waals surface area contributed by atoms with Crippen molar-refractivity contribution in [3.05, 3.63) is 0 Å². The van der Waals surface area contributed by atoms with Crippen LogP contribution in [0.3, 0.4) is 0 Å². The molecule has 1 saturated carbocycles. The second-order valence-corrected chi connectivity index (χ2v) is 5.61. The molecule has 0 bridgehead atoms. The number of hydrogen-bond donors (Lipinski definition) is 0. The van der Waals surface area contributed by atoms with Gasteiger partial charge in [-0.1, -0.05) is 58.8 Å². The fourth-order valence-electron chi connectivity index (χ4n) is 3.34. The minimum Gasteiger partial charge on any atom is -0.469 e. The molecule has 0 heterocycles. The summed E-state index contributed by atoms with van der Waals surface area (Å²) in [6, 6.07) is 0. The summed E-state index contributed by atoms with van der Waals surface area (Å²) in [6.45, 7) is 4.54. The summed E-state index contributed by atoms with van der Waals surface area (Å²) in [5.74, 6) is 1.93. The number of esters is 1. The van der Waals surface area contributed by atoms with E-state index >= 15 is 0 Å². The number of carbonyl (C=O) groups excluding carboxylic acids is 1. The number of hydrogen-bond acceptors (Lipinski definition) is 2. The van der Waals surface area contributed by atoms with Crippen LogP contribution in [0.25, 0.3) is 0 Å². The van der Waals surface area contributed by atoms with Gasteiger partial charge in [0.25, 0.3) is 0 Å². The third kappa shape index (κ3) is 4.69. The maximum atomic E-state index is 11.6. The van der Waals surface area contributed by atoms with Crippen molar-refractivity contribution in [1.82, 2.24) is 0 Å². The monoisotopic (exact) mass is 240 g/mol. The molecule has 2 heteroatoms. The molecule has 2 nitrogen and oxygen atoms in total. The van der Waals surface area contributed by atoms with Crippen LogP contribution in [0.1, 0.15) is 65.2 Å². The third-order valence-electron chi connectivity index (χ3n) is 4.36. The number of rotatable bonds is 6. The Kier molecular flexibility index (Phi) is 6.61. The molecular formula is C15H28O2. The molecule has 1 fully saturated rings. The van der Waals surface area contributed by atoms with Crippen LogP contribution in [0.15, 0.2) is 0 Å². The van der Waals surface area contributed by atoms with Crippen molar-refractivity contribution in [3.8, 4) is 0 Å². The highest BCUT2D eigenvalue weighted by molar-refractivity contribution is 5.69. The van der Waals surface area contributed by atoms with E-state index in [2.05, 4.69) is 13.8 Å². The highest BCUT2D eigenvalue weighted by atomic mass is 16.5. The average Bonchev–Trinajstić information content (AvgIpc) is 2.36. The van der Waals surface area contributed by atoms with Crippen molar-refractivity contribution < 1.29 is 9.53 Å². The molecule has 2 atom stereocenters. The lowest BCUT2D eigenvalue weighted by Gasteiger charge is -2.33. The average molecular weight is 240 g/mol. The van der Waals surface area contributed by atoms with Gasteiger partial charge < -0.3 is 4.74 Å². The van der Waals surface area contributed by atoms with Crippen LogP contribution >= 0.6 is 0 Å². The molecule has 0 aromatic carbocycles. The molecule has 100 valence electrons. The summed E-state index contributed by atoms with van der Waals surface area (Å²) in [7, 11) is 1.50. The molecule has 0 aliphatic heterocycles. The molecule has 0 saturated heterocycles. The number of ether oxygens (including phenoxy) is 1. The van der Waals surface area contributed by atoms with Crippen molar-refractivity contribution in [2.45, 2.75) is 65.2 Å². The minimum atomic E-state index is -0.0245. The summed E-state index contributed by atoms with van der Waals surface area (Å²) < 4.78 is 4.86. The van der Waals surface area contributed by atoms with Crippen molar-refractivity contribution in [2.75, 3.05) is 7.11 Å². The summed E-state index contributed by atoms with van der Waals surface area (Å²) in [5.41, 5.74) is 0. The Morgan fingerprint density at radius 3 is 2.47 bits per heavy atom. The summed E-state index contributed by atoms with van der Waals surface area (Å²) >= 11 is 0. The minimum absolute atomic E-state index is 0.0245. The van der Waals surface area contributed by atoms with Gasteiger partial charge in [-0.25, -0.2) is 0 Å². The Morgan fingerprint density at radius 1 is 1.29 bits per heavy atom. The van der Waals surface area contributed by atoms with E-state index in [9.17, 15) is 4.79 Å². The lowest BCUT2D eigenvalue weighted by Crippen LogP contribution is -2.27. The smallest absolute Gasteiger partial charge is 0.305 e. The van der Waals surface area contributed by atoms with Gasteiger partial charge in [0, 0.05) is 6.42 Å². The highest BCUT2D eigenvalue weighted by Crippen LogP contribution is 2.37. The largest absolute Gasteiger partial charge is 0.469 e. The van der Waals surface area contributed by atoms with E-state index < -0.39 is 0 Å². The molecule has 1 aliphatic carbocycles. The molecule has 2 unspecified atom stereocenters. The van der Waals surface area contributed by atoms with E-state index in [0.29, 0.717) is 18.3 Å². The van der Waals surface area contributed by atoms with E-state index in [-0.39, 0.29) is 5.97 Å². The molecule has 0 N–H and O–H groups in total. The van der Waals surface area contributed by atoms with Crippen molar-refractivity contribution in [2.24, 2.45) is 17.8 Å². The first-order valence-corrected chi connectivity index (χ1v) is 7.25. The predicted molar refractivity (Wildman–Crippen MR) is 70.8 cm³/mol. The third-order valence-corrected chi connectivity index (χ3v) is 4.36. The zero-order valence-electron chi connectivity index (χ0n) is 11.7. The lowest BCUT2D eigenvalue weighted by molar-refractivity contribution is -0.142. The maximum Gasteiger partial charge on any atom is 0.305 e. The van der Waals surface area contributed by atoms with Crippen molar-refractivity contribution in [3.63, 3.8) is 0 Å². The molecule has 17 heavy (non-hydrogen) atoms. The molecule has 0 aromatic heterocycles. The van der Waals surface area contributed by atoms with E-state index in [0.717, 1.165) is 5.92 Å². The Hall–Kier alpha value is -0.530. The summed E-state index contributed by atoms with van der Waals surface area (Å²) in [4.78, 5) is 11.6. The second-order valence-electron chi connectivity index (χ2n) is 5.61. The topological polar surface area (TPSA) is 26.3 Å². The fourth-order valence-corrected chi connectivity index (χ4v) is 3.34. The van der Waals surface area contributed by atoms with E-state index in [4.69, 9.17) is 4.74 Å². The Bertz CT molecular complexity index is 219. The molecular weight excluding hydrogens is 212 g/mol. The molecule has 1 rings (SSSR count). The predicted octanol–water partition coefficient (Wildman–Crippen LogP) is 4.18. The van der Waals surface area contributed by atoms with Gasteiger partial charge in [-0.15, -0.1) is 0 Å². The molecule has 0 aromatic rings. The number of carbonyl (C=O) groups is 1. The lowest BCUT2D eigenvalue weighted by atomic mass is 9.72. The normalized spacial score (nSPS) is 20.9. The van der Waals surface area contributed by atoms with Gasteiger partial charge in [0.15, 0.2) is 0 Å². The van der Waals surface area contributed by atoms with E-state index in [1.165, 1.54) is 52.1 Å². The first-order chi connectivity index (χ1) is 8.19. The SMILES string of the molecule is CCCC(C)C(CC(=O)OC)C1CCCCC1. The number of methoxy groups -OCH3 is 1. The zero-order chi connectivity index (χ0) is 12.7. The highest BCUT2D eigenvalue weighted by Gasteiger charge is 2.29. The Morgan fingerprint density at radius 2 is 1.94 bits per heavy atom. The van der Waals surface area contributed by atoms with Gasteiger partial charge in [0.2, 0.25) is 0 Å². The Balaban J connectivity index is 2.59. The van der Waals surface area contributed by atoms with Crippen molar-refractivity contribution in [1.29, 1.82) is 0 Å². The van der Waals surface area contributed by atoms with Crippen LogP contribution in [0.4, 0.5) is 0 Å². The fraction of sp³-hybridized carbons (Fsp3) is 0.933. The summed E-state index contributed by atoms with van der Waals surface area (Å²) in [6.07, 6.45) is 9.78. The van der Waals surface area contributed by atoms with Crippen LogP contribution in [-0.4, -0.2) is 13.1 Å². The van der Waals surface area contributed by atoms with Gasteiger partial charge in [0.1, 0.15) is 0 Å². The zero-order valence-corrected chi connectivity index (χ0v) is 11.7. The molecule has 0 radical (unpaired) electrons. The Labute approximate surface area is 106 Å². The van der Waals surface area contributed by atoms with Gasteiger partial charge in [-0.3, -0.25) is 4.79 Å². The maximum absolute atomic E-state index is 11.6. The van der Waals surface area contributed by atoms with Gasteiger partial charge >= 0.3 is 5.97 Å². The van der Waals surface area contributed by atoms with E-state index in [1.807, 2.05) is 0 Å². The second kappa shape index (κ2) is 7.73. The van der Waals surface area contributed by atoms with Gasteiger partial charge in [0.05, 0.1) is 7.11 Å². The molecule has 0 spiro atoms. The van der Waals surface area contributed by atoms with Crippen LogP contribution in [0.2, 0.25) is 0 Å². The van der Waals surface area contributed by atoms with Crippen LogP contribution < -0.4 is 0 Å². The first-order valence-electron chi connectivity index (χ1n) is 7.25. The molecule has 1 aliphatic rings. The summed E-state index contributed by atoms with van der Waals surface area (Å²) in [5, 5.41) is 0. The first kappa shape index (κ1) is 14.5. The van der Waals surface area contributed by atoms with Crippen LogP contribution in [-0.2, 0) is 9.53 Å².